The summed E-state index contributed by atoms with van der Waals surface area (Å²) >= 11 is 1.64. The summed E-state index contributed by atoms with van der Waals surface area (Å²) in [6.45, 7) is 8.79. The van der Waals surface area contributed by atoms with E-state index in [1.165, 1.54) is 0 Å². The Balaban J connectivity index is 1.69. The average Bonchev–Trinajstić information content (AvgIpc) is 3.23. The number of nitrogens with zero attached hydrogens (tertiary/aromatic N) is 5. The van der Waals surface area contributed by atoms with Gasteiger partial charge in [-0.05, 0) is 6.07 Å². The van der Waals surface area contributed by atoms with Crippen LogP contribution in [0.3, 0.4) is 0 Å². The molecule has 1 aliphatic rings. The van der Waals surface area contributed by atoms with E-state index in [2.05, 4.69) is 41.7 Å². The lowest BCUT2D eigenvalue weighted by Gasteiger charge is -2.33. The van der Waals surface area contributed by atoms with Crippen molar-refractivity contribution in [3.8, 4) is 0 Å². The zero-order chi connectivity index (χ0) is 16.7. The Morgan fingerprint density at radius 1 is 1.25 bits per heavy atom. The van der Waals surface area contributed by atoms with Gasteiger partial charge < -0.3 is 9.64 Å². The minimum atomic E-state index is 0.00538. The van der Waals surface area contributed by atoms with Crippen molar-refractivity contribution >= 4 is 22.7 Å². The van der Waals surface area contributed by atoms with E-state index < -0.39 is 0 Å². The third-order valence-electron chi connectivity index (χ3n) is 4.23. The molecule has 4 heterocycles. The van der Waals surface area contributed by atoms with Crippen molar-refractivity contribution in [1.82, 2.24) is 19.6 Å². The lowest BCUT2D eigenvalue weighted by Crippen LogP contribution is -2.39. The number of hydrogen-bond donors (Lipinski definition) is 0. The second-order valence-electron chi connectivity index (χ2n) is 7.04. The normalized spacial score (nSPS) is 19.1. The number of morpholine rings is 1. The van der Waals surface area contributed by atoms with Gasteiger partial charge in [0.05, 0.1) is 18.8 Å². The van der Waals surface area contributed by atoms with Gasteiger partial charge in [-0.15, -0.1) is 11.3 Å². The van der Waals surface area contributed by atoms with E-state index in [4.69, 9.17) is 9.84 Å². The number of rotatable bonds is 2. The molecule has 0 N–H and O–H groups in total. The van der Waals surface area contributed by atoms with Gasteiger partial charge in [-0.2, -0.15) is 5.10 Å². The molecule has 1 fully saturated rings. The van der Waals surface area contributed by atoms with Crippen LogP contribution < -0.4 is 4.90 Å². The van der Waals surface area contributed by atoms with Crippen molar-refractivity contribution in [2.45, 2.75) is 32.3 Å². The van der Waals surface area contributed by atoms with E-state index in [1.807, 2.05) is 28.5 Å². The molecule has 1 aliphatic heterocycles. The largest absolute Gasteiger partial charge is 0.367 e. The van der Waals surface area contributed by atoms with Crippen molar-refractivity contribution in [3.63, 3.8) is 0 Å². The molecule has 126 valence electrons. The third-order valence-corrected chi connectivity index (χ3v) is 5.10. The number of thiazole rings is 1. The van der Waals surface area contributed by atoms with Crippen LogP contribution in [0.25, 0.3) is 5.52 Å². The minimum Gasteiger partial charge on any atom is -0.367 e. The maximum atomic E-state index is 5.90. The molecular formula is C17H21N5OS. The van der Waals surface area contributed by atoms with Crippen molar-refractivity contribution in [3.05, 3.63) is 40.7 Å². The van der Waals surface area contributed by atoms with Crippen LogP contribution in [-0.2, 0) is 10.2 Å². The molecule has 0 aliphatic carbocycles. The Kier molecular flexibility index (Phi) is 3.77. The number of anilines is 1. The Labute approximate surface area is 145 Å². The van der Waals surface area contributed by atoms with Crippen LogP contribution in [0, 0.1) is 0 Å². The lowest BCUT2D eigenvalue weighted by atomic mass is 9.92. The molecule has 3 aromatic heterocycles. The SMILES string of the molecule is CC(C)(C)c1cc2c(N3CCOC(c4nccs4)C3)nccn2n1. The Hall–Kier alpha value is -1.99. The molecule has 0 saturated carbocycles. The molecular weight excluding hydrogens is 322 g/mol. The Bertz CT molecular complexity index is 836. The highest BCUT2D eigenvalue weighted by Crippen LogP contribution is 2.30. The number of hydrogen-bond acceptors (Lipinski definition) is 6. The third kappa shape index (κ3) is 2.78. The molecule has 3 aromatic rings. The molecule has 0 spiro atoms. The number of aromatic nitrogens is 4. The van der Waals surface area contributed by atoms with Crippen LogP contribution in [0.4, 0.5) is 5.82 Å². The van der Waals surface area contributed by atoms with E-state index >= 15 is 0 Å². The summed E-state index contributed by atoms with van der Waals surface area (Å²) in [5.41, 5.74) is 2.13. The second kappa shape index (κ2) is 5.82. The highest BCUT2D eigenvalue weighted by atomic mass is 32.1. The van der Waals surface area contributed by atoms with Gasteiger partial charge in [0.1, 0.15) is 16.6 Å². The average molecular weight is 343 g/mol. The molecule has 0 aromatic carbocycles. The maximum absolute atomic E-state index is 5.90. The van der Waals surface area contributed by atoms with Crippen molar-refractivity contribution in [1.29, 1.82) is 0 Å². The first-order valence-corrected chi connectivity index (χ1v) is 9.01. The van der Waals surface area contributed by atoms with Crippen LogP contribution >= 0.6 is 11.3 Å². The summed E-state index contributed by atoms with van der Waals surface area (Å²) in [5, 5.41) is 7.73. The van der Waals surface area contributed by atoms with E-state index in [9.17, 15) is 0 Å². The van der Waals surface area contributed by atoms with Gasteiger partial charge in [0.25, 0.3) is 0 Å². The fraction of sp³-hybridized carbons (Fsp3) is 0.471. The standard InChI is InChI=1S/C17H21N5OS/c1-17(2,3)14-10-12-15(18-4-6-22(12)20-14)21-7-8-23-13(11-21)16-19-5-9-24-16/h4-6,9-10,13H,7-8,11H2,1-3H3. The summed E-state index contributed by atoms with van der Waals surface area (Å²) in [4.78, 5) is 11.3. The minimum absolute atomic E-state index is 0.00538. The van der Waals surface area contributed by atoms with Crippen LogP contribution in [0.2, 0.25) is 0 Å². The summed E-state index contributed by atoms with van der Waals surface area (Å²) < 4.78 is 7.83. The molecule has 1 unspecified atom stereocenters. The van der Waals surface area contributed by atoms with Gasteiger partial charge >= 0.3 is 0 Å². The van der Waals surface area contributed by atoms with Gasteiger partial charge in [0.15, 0.2) is 5.82 Å². The molecule has 4 rings (SSSR count). The smallest absolute Gasteiger partial charge is 0.154 e. The van der Waals surface area contributed by atoms with E-state index in [1.54, 1.807) is 11.3 Å². The summed E-state index contributed by atoms with van der Waals surface area (Å²) in [6.07, 6.45) is 5.56. The summed E-state index contributed by atoms with van der Waals surface area (Å²) in [7, 11) is 0. The fourth-order valence-electron chi connectivity index (χ4n) is 2.90. The molecule has 24 heavy (non-hydrogen) atoms. The van der Waals surface area contributed by atoms with E-state index in [0.717, 1.165) is 35.1 Å². The fourth-order valence-corrected chi connectivity index (χ4v) is 3.58. The second-order valence-corrected chi connectivity index (χ2v) is 7.96. The molecule has 0 amide bonds. The zero-order valence-electron chi connectivity index (χ0n) is 14.1. The van der Waals surface area contributed by atoms with Gasteiger partial charge in [0.2, 0.25) is 0 Å². The first kappa shape index (κ1) is 15.5. The molecule has 1 saturated heterocycles. The van der Waals surface area contributed by atoms with Gasteiger partial charge in [-0.3, -0.25) is 0 Å². The van der Waals surface area contributed by atoms with Crippen LogP contribution in [-0.4, -0.2) is 39.3 Å². The summed E-state index contributed by atoms with van der Waals surface area (Å²) in [5.74, 6) is 0.963. The van der Waals surface area contributed by atoms with Crippen molar-refractivity contribution in [2.24, 2.45) is 0 Å². The highest BCUT2D eigenvalue weighted by molar-refractivity contribution is 7.09. The predicted molar refractivity (Wildman–Crippen MR) is 94.7 cm³/mol. The van der Waals surface area contributed by atoms with E-state index in [-0.39, 0.29) is 11.5 Å². The first-order chi connectivity index (χ1) is 11.5. The molecule has 7 heteroatoms. The number of ether oxygens (including phenoxy) is 1. The molecule has 6 nitrogen and oxygen atoms in total. The molecule has 0 radical (unpaired) electrons. The van der Waals surface area contributed by atoms with Gasteiger partial charge in [-0.25, -0.2) is 14.5 Å². The topological polar surface area (TPSA) is 55.5 Å². The molecule has 0 bridgehead atoms. The maximum Gasteiger partial charge on any atom is 0.154 e. The van der Waals surface area contributed by atoms with Crippen LogP contribution in [0.15, 0.2) is 30.0 Å². The Morgan fingerprint density at radius 2 is 2.12 bits per heavy atom. The van der Waals surface area contributed by atoms with Crippen LogP contribution in [0.1, 0.15) is 37.6 Å². The monoisotopic (exact) mass is 343 g/mol. The quantitative estimate of drug-likeness (QED) is 0.716. The van der Waals surface area contributed by atoms with Gasteiger partial charge in [-0.1, -0.05) is 20.8 Å². The Morgan fingerprint density at radius 3 is 2.88 bits per heavy atom. The molecule has 1 atom stereocenters. The van der Waals surface area contributed by atoms with Crippen molar-refractivity contribution in [2.75, 3.05) is 24.6 Å². The van der Waals surface area contributed by atoms with Gasteiger partial charge in [0, 0.05) is 35.9 Å². The highest BCUT2D eigenvalue weighted by Gasteiger charge is 2.27. The zero-order valence-corrected chi connectivity index (χ0v) is 15.0. The summed E-state index contributed by atoms with van der Waals surface area (Å²) in [6, 6.07) is 2.15. The van der Waals surface area contributed by atoms with Crippen molar-refractivity contribution < 1.29 is 4.74 Å². The van der Waals surface area contributed by atoms with E-state index in [0.29, 0.717) is 6.61 Å². The first-order valence-electron chi connectivity index (χ1n) is 8.13. The number of fused-ring (bicyclic) bond motifs is 1. The van der Waals surface area contributed by atoms with Crippen LogP contribution in [0.5, 0.6) is 0 Å². The predicted octanol–water partition coefficient (Wildman–Crippen LogP) is 3.06. The lowest BCUT2D eigenvalue weighted by molar-refractivity contribution is 0.0394.